The third-order valence-corrected chi connectivity index (χ3v) is 5.27. The van der Waals surface area contributed by atoms with Crippen LogP contribution < -0.4 is 10.6 Å². The first-order chi connectivity index (χ1) is 13.2. The van der Waals surface area contributed by atoms with Crippen molar-refractivity contribution in [3.63, 3.8) is 0 Å². The van der Waals surface area contributed by atoms with E-state index < -0.39 is 0 Å². The Hall–Kier alpha value is -2.08. The van der Waals surface area contributed by atoms with Crippen molar-refractivity contribution in [1.82, 2.24) is 10.2 Å². The standard InChI is InChI=1S/C21H25Cl2N3O2/c1-13-6-5-7-19(14(13)2)25-21(28)12-26(4)11-20(27)24-15(3)16-8-9-17(22)18(23)10-16/h5-10,15H,11-12H2,1-4H3,(H,24,27)(H,25,28)/t15-/m1/s1. The van der Waals surface area contributed by atoms with Gasteiger partial charge < -0.3 is 10.6 Å². The van der Waals surface area contributed by atoms with Gasteiger partial charge in [0.25, 0.3) is 0 Å². The first-order valence-corrected chi connectivity index (χ1v) is 9.72. The number of benzene rings is 2. The van der Waals surface area contributed by atoms with E-state index in [1.54, 1.807) is 24.1 Å². The first-order valence-electron chi connectivity index (χ1n) is 8.96. The number of hydrogen-bond acceptors (Lipinski definition) is 3. The molecule has 0 fully saturated rings. The van der Waals surface area contributed by atoms with Gasteiger partial charge in [-0.15, -0.1) is 0 Å². The Morgan fingerprint density at radius 3 is 2.39 bits per heavy atom. The molecular formula is C21H25Cl2N3O2. The van der Waals surface area contributed by atoms with Crippen molar-refractivity contribution in [3.8, 4) is 0 Å². The highest BCUT2D eigenvalue weighted by atomic mass is 35.5. The van der Waals surface area contributed by atoms with E-state index in [1.807, 2.05) is 45.0 Å². The van der Waals surface area contributed by atoms with Crippen LogP contribution in [0.2, 0.25) is 10.0 Å². The number of carbonyl (C=O) groups is 2. The van der Waals surface area contributed by atoms with Crippen molar-refractivity contribution in [2.24, 2.45) is 0 Å². The van der Waals surface area contributed by atoms with Crippen molar-refractivity contribution in [1.29, 1.82) is 0 Å². The molecule has 0 saturated carbocycles. The molecule has 2 aromatic carbocycles. The van der Waals surface area contributed by atoms with Crippen LogP contribution in [-0.4, -0.2) is 36.9 Å². The Balaban J connectivity index is 1.85. The summed E-state index contributed by atoms with van der Waals surface area (Å²) < 4.78 is 0. The van der Waals surface area contributed by atoms with E-state index in [4.69, 9.17) is 23.2 Å². The summed E-state index contributed by atoms with van der Waals surface area (Å²) >= 11 is 11.9. The van der Waals surface area contributed by atoms with E-state index in [2.05, 4.69) is 10.6 Å². The number of hydrogen-bond donors (Lipinski definition) is 2. The van der Waals surface area contributed by atoms with Crippen LogP contribution >= 0.6 is 23.2 Å². The molecular weight excluding hydrogens is 397 g/mol. The van der Waals surface area contributed by atoms with Crippen LogP contribution in [0.4, 0.5) is 5.69 Å². The van der Waals surface area contributed by atoms with Gasteiger partial charge in [0, 0.05) is 5.69 Å². The van der Waals surface area contributed by atoms with E-state index in [-0.39, 0.29) is 30.9 Å². The summed E-state index contributed by atoms with van der Waals surface area (Å²) in [6.45, 7) is 6.04. The van der Waals surface area contributed by atoms with Crippen molar-refractivity contribution in [3.05, 3.63) is 63.1 Å². The van der Waals surface area contributed by atoms with E-state index >= 15 is 0 Å². The fourth-order valence-electron chi connectivity index (χ4n) is 2.77. The summed E-state index contributed by atoms with van der Waals surface area (Å²) in [5.41, 5.74) is 3.79. The molecule has 0 aliphatic carbocycles. The minimum atomic E-state index is -0.223. The Morgan fingerprint density at radius 1 is 1.04 bits per heavy atom. The lowest BCUT2D eigenvalue weighted by molar-refractivity contribution is -0.123. The number of amides is 2. The van der Waals surface area contributed by atoms with Gasteiger partial charge in [-0.1, -0.05) is 41.4 Å². The molecule has 0 saturated heterocycles. The number of likely N-dealkylation sites (N-methyl/N-ethyl adjacent to an activating group) is 1. The van der Waals surface area contributed by atoms with Gasteiger partial charge in [-0.25, -0.2) is 0 Å². The molecule has 0 radical (unpaired) electrons. The SMILES string of the molecule is Cc1cccc(NC(=O)CN(C)CC(=O)N[C@H](C)c2ccc(Cl)c(Cl)c2)c1C. The zero-order valence-electron chi connectivity index (χ0n) is 16.5. The molecule has 0 aliphatic rings. The zero-order chi connectivity index (χ0) is 20.8. The molecule has 2 amide bonds. The van der Waals surface area contributed by atoms with E-state index in [0.29, 0.717) is 10.0 Å². The summed E-state index contributed by atoms with van der Waals surface area (Å²) in [7, 11) is 1.73. The summed E-state index contributed by atoms with van der Waals surface area (Å²) in [5, 5.41) is 6.71. The molecule has 0 bridgehead atoms. The van der Waals surface area contributed by atoms with Gasteiger partial charge in [-0.05, 0) is 62.7 Å². The monoisotopic (exact) mass is 421 g/mol. The van der Waals surface area contributed by atoms with E-state index in [9.17, 15) is 9.59 Å². The molecule has 0 aliphatic heterocycles. The normalized spacial score (nSPS) is 12.0. The second-order valence-electron chi connectivity index (χ2n) is 6.93. The number of rotatable bonds is 7. The largest absolute Gasteiger partial charge is 0.348 e. The lowest BCUT2D eigenvalue weighted by atomic mass is 10.1. The fraction of sp³-hybridized carbons (Fsp3) is 0.333. The Bertz CT molecular complexity index is 871. The number of nitrogens with zero attached hydrogens (tertiary/aromatic N) is 1. The second-order valence-corrected chi connectivity index (χ2v) is 7.75. The minimum absolute atomic E-state index is 0.103. The molecule has 1 atom stereocenters. The average molecular weight is 422 g/mol. The molecule has 5 nitrogen and oxygen atoms in total. The number of aryl methyl sites for hydroxylation is 1. The molecule has 0 unspecified atom stereocenters. The third kappa shape index (κ3) is 6.23. The lowest BCUT2D eigenvalue weighted by Crippen LogP contribution is -2.39. The number of nitrogens with one attached hydrogen (secondary N) is 2. The number of anilines is 1. The van der Waals surface area contributed by atoms with Gasteiger partial charge in [0.05, 0.1) is 29.2 Å². The maximum absolute atomic E-state index is 12.3. The molecule has 0 aromatic heterocycles. The van der Waals surface area contributed by atoms with Gasteiger partial charge in [0.2, 0.25) is 11.8 Å². The van der Waals surface area contributed by atoms with Crippen molar-refractivity contribution >= 4 is 40.7 Å². The van der Waals surface area contributed by atoms with Crippen LogP contribution in [0.5, 0.6) is 0 Å². The predicted octanol–water partition coefficient (Wildman–Crippen LogP) is 4.36. The Kier molecular flexibility index (Phi) is 7.87. The molecule has 7 heteroatoms. The smallest absolute Gasteiger partial charge is 0.238 e. The summed E-state index contributed by atoms with van der Waals surface area (Å²) in [6, 6.07) is 10.8. The van der Waals surface area contributed by atoms with Crippen molar-refractivity contribution in [2.75, 3.05) is 25.5 Å². The van der Waals surface area contributed by atoms with Crippen LogP contribution in [0.25, 0.3) is 0 Å². The number of carbonyl (C=O) groups excluding carboxylic acids is 2. The van der Waals surface area contributed by atoms with Crippen molar-refractivity contribution in [2.45, 2.75) is 26.8 Å². The van der Waals surface area contributed by atoms with E-state index in [1.165, 1.54) is 0 Å². The molecule has 2 rings (SSSR count). The van der Waals surface area contributed by atoms with Crippen LogP contribution in [0.1, 0.15) is 29.7 Å². The predicted molar refractivity (Wildman–Crippen MR) is 115 cm³/mol. The second kappa shape index (κ2) is 9.92. The lowest BCUT2D eigenvalue weighted by Gasteiger charge is -2.19. The van der Waals surface area contributed by atoms with Crippen molar-refractivity contribution < 1.29 is 9.59 Å². The molecule has 150 valence electrons. The van der Waals surface area contributed by atoms with E-state index in [0.717, 1.165) is 22.4 Å². The molecule has 0 spiro atoms. The van der Waals surface area contributed by atoms with Gasteiger partial charge >= 0.3 is 0 Å². The zero-order valence-corrected chi connectivity index (χ0v) is 18.0. The topological polar surface area (TPSA) is 61.4 Å². The summed E-state index contributed by atoms with van der Waals surface area (Å²) in [5.74, 6) is -0.345. The maximum Gasteiger partial charge on any atom is 0.238 e. The minimum Gasteiger partial charge on any atom is -0.348 e. The van der Waals surface area contributed by atoms with Crippen LogP contribution in [0.15, 0.2) is 36.4 Å². The van der Waals surface area contributed by atoms with Gasteiger partial charge in [0.15, 0.2) is 0 Å². The molecule has 0 heterocycles. The Morgan fingerprint density at radius 2 is 1.71 bits per heavy atom. The number of halogens is 2. The van der Waals surface area contributed by atoms with Gasteiger partial charge in [-0.3, -0.25) is 14.5 Å². The average Bonchev–Trinajstić information content (AvgIpc) is 2.60. The van der Waals surface area contributed by atoms with Crippen LogP contribution in [0, 0.1) is 13.8 Å². The summed E-state index contributed by atoms with van der Waals surface area (Å²) in [4.78, 5) is 26.2. The maximum atomic E-state index is 12.3. The highest BCUT2D eigenvalue weighted by molar-refractivity contribution is 6.42. The molecule has 28 heavy (non-hydrogen) atoms. The fourth-order valence-corrected chi connectivity index (χ4v) is 3.08. The third-order valence-electron chi connectivity index (χ3n) is 4.53. The van der Waals surface area contributed by atoms with Crippen LogP contribution in [-0.2, 0) is 9.59 Å². The molecule has 2 aromatic rings. The summed E-state index contributed by atoms with van der Waals surface area (Å²) in [6.07, 6.45) is 0. The van der Waals surface area contributed by atoms with Crippen LogP contribution in [0.3, 0.4) is 0 Å². The van der Waals surface area contributed by atoms with Gasteiger partial charge in [0.1, 0.15) is 0 Å². The first kappa shape index (κ1) is 22.2. The quantitative estimate of drug-likeness (QED) is 0.697. The highest BCUT2D eigenvalue weighted by Gasteiger charge is 2.15. The van der Waals surface area contributed by atoms with Gasteiger partial charge in [-0.2, -0.15) is 0 Å². The highest BCUT2D eigenvalue weighted by Crippen LogP contribution is 2.25. The molecule has 2 N–H and O–H groups in total. The Labute approximate surface area is 176 Å².